The van der Waals surface area contributed by atoms with Crippen molar-refractivity contribution in [3.8, 4) is 0 Å². The summed E-state index contributed by atoms with van der Waals surface area (Å²) < 4.78 is 0. The van der Waals surface area contributed by atoms with Crippen LogP contribution >= 0.6 is 0 Å². The van der Waals surface area contributed by atoms with Gasteiger partial charge in [0.1, 0.15) is 0 Å². The number of hydrogen-bond acceptors (Lipinski definition) is 4. The van der Waals surface area contributed by atoms with E-state index in [1.165, 1.54) is 283 Å². The lowest BCUT2D eigenvalue weighted by atomic mass is 10.0. The topological polar surface area (TPSA) is 89.8 Å². The zero-order valence-electron chi connectivity index (χ0n) is 45.6. The monoisotopic (exact) mass is 944 g/mol. The molecule has 0 aliphatic rings. The van der Waals surface area contributed by atoms with E-state index < -0.39 is 18.2 Å². The Balaban J connectivity index is 3.49. The molecule has 4 N–H and O–H groups in total. The van der Waals surface area contributed by atoms with Gasteiger partial charge in [0.15, 0.2) is 0 Å². The van der Waals surface area contributed by atoms with Crippen LogP contribution in [0.2, 0.25) is 0 Å². The first-order chi connectivity index (χ1) is 33.0. The molecule has 5 heteroatoms. The number of rotatable bonds is 57. The average Bonchev–Trinajstić information content (AvgIpc) is 3.32. The van der Waals surface area contributed by atoms with E-state index in [0.29, 0.717) is 6.42 Å². The van der Waals surface area contributed by atoms with E-state index in [9.17, 15) is 20.1 Å². The molecule has 0 spiro atoms. The number of carbonyl (C=O) groups is 1. The summed E-state index contributed by atoms with van der Waals surface area (Å²) in [5.41, 5.74) is 0. The molecule has 0 aromatic carbocycles. The van der Waals surface area contributed by atoms with Gasteiger partial charge in [0, 0.05) is 0 Å². The highest BCUT2D eigenvalue weighted by molar-refractivity contribution is 5.76. The van der Waals surface area contributed by atoms with Crippen LogP contribution in [-0.4, -0.2) is 46.1 Å². The number of hydrogen-bond donors (Lipinski definition) is 4. The van der Waals surface area contributed by atoms with Gasteiger partial charge in [-0.25, -0.2) is 0 Å². The van der Waals surface area contributed by atoms with Crippen LogP contribution in [0.1, 0.15) is 341 Å². The predicted molar refractivity (Wildman–Crippen MR) is 296 cm³/mol. The highest BCUT2D eigenvalue weighted by Gasteiger charge is 2.20. The van der Waals surface area contributed by atoms with Crippen LogP contribution in [0, 0.1) is 0 Å². The molecule has 1 amide bonds. The molecule has 0 saturated heterocycles. The molecule has 0 aliphatic carbocycles. The van der Waals surface area contributed by atoms with Crippen molar-refractivity contribution in [2.24, 2.45) is 0 Å². The third kappa shape index (κ3) is 54.0. The average molecular weight is 945 g/mol. The first-order valence-corrected chi connectivity index (χ1v) is 30.6. The SMILES string of the molecule is CCCCCCCCCCCCCCC/C=C/CC/C=C/C(O)C(CO)NC(=O)CC(O)CCCCCCCCCCCCCCCCCCCCCCCCCCCCCCCCCCC. The molecule has 0 heterocycles. The second-order valence-electron chi connectivity index (χ2n) is 21.3. The van der Waals surface area contributed by atoms with Gasteiger partial charge in [-0.1, -0.05) is 327 Å². The van der Waals surface area contributed by atoms with Gasteiger partial charge in [-0.2, -0.15) is 0 Å². The number of aliphatic hydroxyl groups is 3. The molecule has 3 unspecified atom stereocenters. The number of nitrogens with one attached hydrogen (secondary N) is 1. The molecule has 398 valence electrons. The van der Waals surface area contributed by atoms with Crippen molar-refractivity contribution in [1.29, 1.82) is 0 Å². The second-order valence-corrected chi connectivity index (χ2v) is 21.3. The van der Waals surface area contributed by atoms with Gasteiger partial charge in [-0.05, 0) is 32.1 Å². The van der Waals surface area contributed by atoms with Crippen molar-refractivity contribution in [1.82, 2.24) is 5.32 Å². The predicted octanol–water partition coefficient (Wildman–Crippen LogP) is 19.2. The summed E-state index contributed by atoms with van der Waals surface area (Å²) in [4.78, 5) is 12.5. The lowest BCUT2D eigenvalue weighted by Crippen LogP contribution is -2.45. The molecule has 5 nitrogen and oxygen atoms in total. The molecule has 0 aliphatic heterocycles. The Kier molecular flexibility index (Phi) is 56.4. The fourth-order valence-corrected chi connectivity index (χ4v) is 9.83. The highest BCUT2D eigenvalue weighted by Crippen LogP contribution is 2.18. The van der Waals surface area contributed by atoms with E-state index in [1.54, 1.807) is 6.08 Å². The Morgan fingerprint density at radius 2 is 0.642 bits per heavy atom. The molecule has 0 aromatic rings. The highest BCUT2D eigenvalue weighted by atomic mass is 16.3. The minimum Gasteiger partial charge on any atom is -0.394 e. The van der Waals surface area contributed by atoms with Crippen molar-refractivity contribution < 1.29 is 20.1 Å². The molecule has 0 aromatic heterocycles. The first-order valence-electron chi connectivity index (χ1n) is 30.6. The zero-order chi connectivity index (χ0) is 48.6. The molecular formula is C62H121NO4. The van der Waals surface area contributed by atoms with Crippen LogP contribution in [0.5, 0.6) is 0 Å². The van der Waals surface area contributed by atoms with Crippen molar-refractivity contribution >= 4 is 5.91 Å². The molecule has 0 fully saturated rings. The van der Waals surface area contributed by atoms with E-state index in [1.807, 2.05) is 6.08 Å². The van der Waals surface area contributed by atoms with Crippen molar-refractivity contribution in [2.45, 2.75) is 360 Å². The Morgan fingerprint density at radius 1 is 0.373 bits per heavy atom. The summed E-state index contributed by atoms with van der Waals surface area (Å²) in [6, 6.07) is -0.759. The van der Waals surface area contributed by atoms with Gasteiger partial charge < -0.3 is 20.6 Å². The minimum absolute atomic E-state index is 0.0105. The van der Waals surface area contributed by atoms with Crippen LogP contribution in [0.3, 0.4) is 0 Å². The second kappa shape index (κ2) is 57.4. The number of unbranched alkanes of at least 4 members (excludes halogenated alkanes) is 46. The summed E-state index contributed by atoms with van der Waals surface area (Å²) >= 11 is 0. The Morgan fingerprint density at radius 3 is 0.955 bits per heavy atom. The normalized spacial score (nSPS) is 13.3. The van der Waals surface area contributed by atoms with Crippen molar-refractivity contribution in [3.05, 3.63) is 24.3 Å². The zero-order valence-corrected chi connectivity index (χ0v) is 45.6. The maximum Gasteiger partial charge on any atom is 0.222 e. The lowest BCUT2D eigenvalue weighted by Gasteiger charge is -2.21. The van der Waals surface area contributed by atoms with Crippen molar-refractivity contribution in [2.75, 3.05) is 6.61 Å². The minimum atomic E-state index is -0.950. The van der Waals surface area contributed by atoms with E-state index in [-0.39, 0.29) is 18.9 Å². The lowest BCUT2D eigenvalue weighted by molar-refractivity contribution is -0.124. The van der Waals surface area contributed by atoms with Gasteiger partial charge in [-0.15, -0.1) is 0 Å². The number of amides is 1. The van der Waals surface area contributed by atoms with Gasteiger partial charge in [0.25, 0.3) is 0 Å². The fourth-order valence-electron chi connectivity index (χ4n) is 9.83. The molecule has 67 heavy (non-hydrogen) atoms. The maximum atomic E-state index is 12.5. The fraction of sp³-hybridized carbons (Fsp3) is 0.919. The van der Waals surface area contributed by atoms with E-state index in [0.717, 1.165) is 32.1 Å². The van der Waals surface area contributed by atoms with Crippen LogP contribution in [0.15, 0.2) is 24.3 Å². The third-order valence-corrected chi connectivity index (χ3v) is 14.5. The third-order valence-electron chi connectivity index (χ3n) is 14.5. The summed E-state index contributed by atoms with van der Waals surface area (Å²) in [6.07, 6.45) is 74.0. The number of aliphatic hydroxyl groups excluding tert-OH is 3. The van der Waals surface area contributed by atoms with Gasteiger partial charge in [0.2, 0.25) is 5.91 Å². The molecular weight excluding hydrogens is 823 g/mol. The summed E-state index contributed by atoms with van der Waals surface area (Å²) in [5, 5.41) is 33.5. The number of carbonyl (C=O) groups excluding carboxylic acids is 1. The standard InChI is InChI=1S/C62H121NO4/c1-3-5-7-9-11-13-15-17-19-21-23-24-25-26-27-28-29-30-31-32-33-34-35-36-38-39-41-43-45-47-49-51-53-55-59(65)57-62(67)63-60(58-64)61(66)56-54-52-50-48-46-44-42-40-37-22-20-18-16-14-12-10-8-6-4-2/h46,48,54,56,59-61,64-66H,3-45,47,49-53,55,57-58H2,1-2H3,(H,63,67)/b48-46+,56-54+. The van der Waals surface area contributed by atoms with Gasteiger partial charge in [0.05, 0.1) is 31.3 Å². The Bertz CT molecular complexity index is 998. The summed E-state index contributed by atoms with van der Waals surface area (Å²) in [6.45, 7) is 4.24. The van der Waals surface area contributed by atoms with Gasteiger partial charge >= 0.3 is 0 Å². The van der Waals surface area contributed by atoms with E-state index >= 15 is 0 Å². The van der Waals surface area contributed by atoms with Crippen molar-refractivity contribution in [3.63, 3.8) is 0 Å². The Labute approximate surface area is 420 Å². The Hall–Kier alpha value is -1.17. The molecule has 0 radical (unpaired) electrons. The van der Waals surface area contributed by atoms with Crippen LogP contribution in [-0.2, 0) is 4.79 Å². The molecule has 0 rings (SSSR count). The van der Waals surface area contributed by atoms with Gasteiger partial charge in [-0.3, -0.25) is 4.79 Å². The van der Waals surface area contributed by atoms with E-state index in [4.69, 9.17) is 0 Å². The molecule has 0 bridgehead atoms. The molecule has 3 atom stereocenters. The molecule has 0 saturated carbocycles. The largest absolute Gasteiger partial charge is 0.394 e. The van der Waals surface area contributed by atoms with Crippen LogP contribution < -0.4 is 5.32 Å². The summed E-state index contributed by atoms with van der Waals surface area (Å²) in [7, 11) is 0. The van der Waals surface area contributed by atoms with E-state index in [2.05, 4.69) is 31.3 Å². The smallest absolute Gasteiger partial charge is 0.222 e. The summed E-state index contributed by atoms with van der Waals surface area (Å²) in [5.74, 6) is -0.318. The first kappa shape index (κ1) is 65.8. The number of allylic oxidation sites excluding steroid dienone is 3. The quantitative estimate of drug-likeness (QED) is 0.0361. The van der Waals surface area contributed by atoms with Crippen LogP contribution in [0.4, 0.5) is 0 Å². The maximum absolute atomic E-state index is 12.5. The van der Waals surface area contributed by atoms with Crippen LogP contribution in [0.25, 0.3) is 0 Å².